The average molecular weight is 546 g/mol. The number of nitrogens with zero attached hydrogens (tertiary/aromatic N) is 2. The molecule has 2 aromatic rings. The summed E-state index contributed by atoms with van der Waals surface area (Å²) in [5.74, 6) is -3.99. The number of carbonyl (C=O) groups excluding carboxylic acids is 1. The monoisotopic (exact) mass is 545 g/mol. The summed E-state index contributed by atoms with van der Waals surface area (Å²) in [5.41, 5.74) is 4.11. The fourth-order valence-electron chi connectivity index (χ4n) is 5.55. The van der Waals surface area contributed by atoms with Gasteiger partial charge in [-0.2, -0.15) is 8.78 Å². The third-order valence-electron chi connectivity index (χ3n) is 7.86. The molecule has 38 heavy (non-hydrogen) atoms. The zero-order chi connectivity index (χ0) is 26.7. The Morgan fingerprint density at radius 1 is 1.11 bits per heavy atom. The van der Waals surface area contributed by atoms with Crippen LogP contribution in [0.1, 0.15) is 55.2 Å². The lowest BCUT2D eigenvalue weighted by Gasteiger charge is -2.28. The normalized spacial score (nSPS) is 18.8. The first-order chi connectivity index (χ1) is 18.3. The van der Waals surface area contributed by atoms with E-state index in [1.165, 1.54) is 11.3 Å². The first-order valence-corrected chi connectivity index (χ1v) is 14.3. The second kappa shape index (κ2) is 11.8. The molecule has 5 nitrogen and oxygen atoms in total. The minimum Gasteiger partial charge on any atom is -0.489 e. The molecule has 0 radical (unpaired) electrons. The molecule has 0 unspecified atom stereocenters. The molecule has 2 aromatic carbocycles. The summed E-state index contributed by atoms with van der Waals surface area (Å²) in [7, 11) is 2.05. The van der Waals surface area contributed by atoms with E-state index in [1.807, 2.05) is 36.4 Å². The molecule has 0 aromatic heterocycles. The summed E-state index contributed by atoms with van der Waals surface area (Å²) in [6, 6.07) is 11.1. The van der Waals surface area contributed by atoms with Gasteiger partial charge < -0.3 is 19.9 Å². The van der Waals surface area contributed by atoms with Gasteiger partial charge in [0.25, 0.3) is 5.91 Å². The van der Waals surface area contributed by atoms with Crippen molar-refractivity contribution in [2.75, 3.05) is 38.1 Å². The Morgan fingerprint density at radius 3 is 2.61 bits per heavy atom. The van der Waals surface area contributed by atoms with Crippen molar-refractivity contribution >= 4 is 23.2 Å². The Balaban J connectivity index is 1.22. The molecule has 1 N–H and O–H groups in total. The van der Waals surface area contributed by atoms with Crippen LogP contribution in [0.5, 0.6) is 5.75 Å². The number of ether oxygens (including phenoxy) is 1. The second-order valence-electron chi connectivity index (χ2n) is 11.2. The highest BCUT2D eigenvalue weighted by Crippen LogP contribution is 2.33. The van der Waals surface area contributed by atoms with Crippen LogP contribution in [0.4, 0.5) is 14.5 Å². The minimum atomic E-state index is -3.45. The molecule has 1 amide bonds. The number of amides is 1. The van der Waals surface area contributed by atoms with Gasteiger partial charge >= 0.3 is 5.92 Å². The molecule has 1 saturated carbocycles. The number of benzene rings is 2. The second-order valence-corrected chi connectivity index (χ2v) is 11.6. The summed E-state index contributed by atoms with van der Waals surface area (Å²) in [5, 5.41) is 3.21. The third kappa shape index (κ3) is 6.97. The van der Waals surface area contributed by atoms with E-state index in [9.17, 15) is 4.79 Å². The summed E-state index contributed by atoms with van der Waals surface area (Å²) < 4.78 is 36.0. The highest BCUT2D eigenvalue weighted by Gasteiger charge is 2.39. The Kier molecular flexibility index (Phi) is 8.44. The zero-order valence-corrected chi connectivity index (χ0v) is 22.9. The number of fused-ring (bicyclic) bond motifs is 1. The largest absolute Gasteiger partial charge is 0.489 e. The standard InChI is InChI=1S/C30H38ClF2N3O2/c1-35-14-4-5-23-17-21(6-10-27(23)35)12-13-30(32,33)29(37)34-24(20-36-15-2-3-16-36)18-22-7-11-28(26(31)19-22)38-25-8-9-25/h6-7,10-11,17,19,24-25H,2-5,8-9,12-16,18,20H2,1H3,(H,34,37)/t24-/m0/s1. The van der Waals surface area contributed by atoms with Crippen molar-refractivity contribution in [1.82, 2.24) is 10.2 Å². The summed E-state index contributed by atoms with van der Waals surface area (Å²) in [6.07, 6.45) is 6.60. The van der Waals surface area contributed by atoms with Crippen molar-refractivity contribution in [3.63, 3.8) is 0 Å². The molecular weight excluding hydrogens is 508 g/mol. The van der Waals surface area contributed by atoms with Crippen molar-refractivity contribution in [3.8, 4) is 5.75 Å². The molecule has 1 saturated heterocycles. The lowest BCUT2D eigenvalue weighted by atomic mass is 9.97. The molecule has 1 aliphatic carbocycles. The number of hydrogen-bond donors (Lipinski definition) is 1. The number of anilines is 1. The van der Waals surface area contributed by atoms with E-state index < -0.39 is 24.3 Å². The van der Waals surface area contributed by atoms with Crippen molar-refractivity contribution in [3.05, 3.63) is 58.1 Å². The van der Waals surface area contributed by atoms with E-state index in [0.29, 0.717) is 23.7 Å². The molecule has 2 aliphatic heterocycles. The molecular formula is C30H38ClF2N3O2. The number of aryl methyl sites for hydroxylation is 2. The van der Waals surface area contributed by atoms with Crippen LogP contribution >= 0.6 is 11.6 Å². The van der Waals surface area contributed by atoms with Crippen LogP contribution < -0.4 is 15.0 Å². The lowest BCUT2D eigenvalue weighted by molar-refractivity contribution is -0.147. The molecule has 2 fully saturated rings. The lowest BCUT2D eigenvalue weighted by Crippen LogP contribution is -2.50. The number of hydrogen-bond acceptors (Lipinski definition) is 4. The van der Waals surface area contributed by atoms with Crippen LogP contribution in [0.2, 0.25) is 5.02 Å². The number of carbonyl (C=O) groups is 1. The first kappa shape index (κ1) is 27.2. The highest BCUT2D eigenvalue weighted by molar-refractivity contribution is 6.32. The topological polar surface area (TPSA) is 44.8 Å². The van der Waals surface area contributed by atoms with E-state index in [4.69, 9.17) is 16.3 Å². The smallest absolute Gasteiger partial charge is 0.324 e. The van der Waals surface area contributed by atoms with Crippen molar-refractivity contribution in [2.45, 2.75) is 75.9 Å². The highest BCUT2D eigenvalue weighted by atomic mass is 35.5. The fourth-order valence-corrected chi connectivity index (χ4v) is 5.80. The maximum absolute atomic E-state index is 15.1. The molecule has 206 valence electrons. The van der Waals surface area contributed by atoms with Crippen LogP contribution in [0.3, 0.4) is 0 Å². The SMILES string of the molecule is CN1CCCc2cc(CCC(F)(F)C(=O)N[C@@H](Cc3ccc(OC4CC4)c(Cl)c3)CN3CCCC3)ccc21. The van der Waals surface area contributed by atoms with Crippen molar-refractivity contribution in [1.29, 1.82) is 0 Å². The molecule has 8 heteroatoms. The Labute approximate surface area is 229 Å². The molecule has 0 spiro atoms. The van der Waals surface area contributed by atoms with Crippen LogP contribution in [0, 0.1) is 0 Å². The fraction of sp³-hybridized carbons (Fsp3) is 0.567. The maximum Gasteiger partial charge on any atom is 0.324 e. The van der Waals surface area contributed by atoms with Gasteiger partial charge in [0.05, 0.1) is 11.1 Å². The summed E-state index contributed by atoms with van der Waals surface area (Å²) in [6.45, 7) is 3.39. The number of rotatable bonds is 11. The van der Waals surface area contributed by atoms with E-state index in [2.05, 4.69) is 22.2 Å². The van der Waals surface area contributed by atoms with E-state index in [0.717, 1.165) is 69.3 Å². The third-order valence-corrected chi connectivity index (χ3v) is 8.16. The van der Waals surface area contributed by atoms with E-state index in [-0.39, 0.29) is 12.5 Å². The van der Waals surface area contributed by atoms with Crippen LogP contribution in [-0.4, -0.2) is 62.1 Å². The minimum absolute atomic E-state index is 0.159. The molecule has 0 bridgehead atoms. The Bertz CT molecular complexity index is 1130. The predicted octanol–water partition coefficient (Wildman–Crippen LogP) is 5.65. The first-order valence-electron chi connectivity index (χ1n) is 14.0. The van der Waals surface area contributed by atoms with Crippen LogP contribution in [0.25, 0.3) is 0 Å². The van der Waals surface area contributed by atoms with Gasteiger partial charge in [0.1, 0.15) is 5.75 Å². The molecule has 5 rings (SSSR count). The van der Waals surface area contributed by atoms with Crippen LogP contribution in [0.15, 0.2) is 36.4 Å². The molecule has 3 aliphatic rings. The average Bonchev–Trinajstić information content (AvgIpc) is 3.56. The van der Waals surface area contributed by atoms with Gasteiger partial charge in [0.15, 0.2) is 0 Å². The maximum atomic E-state index is 15.1. The number of halogens is 3. The van der Waals surface area contributed by atoms with Crippen LogP contribution in [-0.2, 0) is 24.1 Å². The van der Waals surface area contributed by atoms with Gasteiger partial charge in [-0.25, -0.2) is 0 Å². The molecule has 2 heterocycles. The predicted molar refractivity (Wildman–Crippen MR) is 148 cm³/mol. The number of likely N-dealkylation sites (tertiary alicyclic amines) is 1. The van der Waals surface area contributed by atoms with Gasteiger partial charge in [-0.1, -0.05) is 29.8 Å². The van der Waals surface area contributed by atoms with Gasteiger partial charge in [-0.3, -0.25) is 4.79 Å². The van der Waals surface area contributed by atoms with Crippen molar-refractivity contribution < 1.29 is 18.3 Å². The van der Waals surface area contributed by atoms with Gasteiger partial charge in [-0.15, -0.1) is 0 Å². The van der Waals surface area contributed by atoms with Gasteiger partial charge in [0.2, 0.25) is 0 Å². The number of alkyl halides is 2. The molecule has 1 atom stereocenters. The summed E-state index contributed by atoms with van der Waals surface area (Å²) >= 11 is 6.44. The Morgan fingerprint density at radius 2 is 1.87 bits per heavy atom. The van der Waals surface area contributed by atoms with Gasteiger partial charge in [-0.05, 0) is 99.3 Å². The Hall–Kier alpha value is -2.38. The quantitative estimate of drug-likeness (QED) is 0.396. The van der Waals surface area contributed by atoms with E-state index in [1.54, 1.807) is 0 Å². The summed E-state index contributed by atoms with van der Waals surface area (Å²) in [4.78, 5) is 17.3. The van der Waals surface area contributed by atoms with Gasteiger partial charge in [0, 0.05) is 38.3 Å². The van der Waals surface area contributed by atoms with Crippen molar-refractivity contribution in [2.24, 2.45) is 0 Å². The number of nitrogens with one attached hydrogen (secondary N) is 1. The van der Waals surface area contributed by atoms with E-state index >= 15 is 8.78 Å². The zero-order valence-electron chi connectivity index (χ0n) is 22.2.